The maximum absolute atomic E-state index is 12.3. The van der Waals surface area contributed by atoms with E-state index >= 15 is 0 Å². The van der Waals surface area contributed by atoms with E-state index in [0.717, 1.165) is 25.9 Å². The number of carbonyl (C=O) groups excluding carboxylic acids is 1. The first-order chi connectivity index (χ1) is 11.6. The summed E-state index contributed by atoms with van der Waals surface area (Å²) in [6, 6.07) is 7.07. The Balaban J connectivity index is 1.57. The molecule has 0 aromatic heterocycles. The zero-order chi connectivity index (χ0) is 16.9. The van der Waals surface area contributed by atoms with E-state index in [1.807, 2.05) is 4.90 Å². The minimum absolute atomic E-state index is 0.0225. The normalized spacial score (nSPS) is 19.9. The second-order valence-corrected chi connectivity index (χ2v) is 6.45. The summed E-state index contributed by atoms with van der Waals surface area (Å²) in [5.74, 6) is -0.0620. The SMILES string of the molecule is O=C(C=Cc1ccccc1[N+](=O)[O-])N1CCC(N2CCCC2)CC1. The molecule has 24 heavy (non-hydrogen) atoms. The summed E-state index contributed by atoms with van der Waals surface area (Å²) in [4.78, 5) is 27.3. The Labute approximate surface area is 141 Å². The van der Waals surface area contributed by atoms with Crippen molar-refractivity contribution in [1.82, 2.24) is 9.80 Å². The molecule has 2 saturated heterocycles. The van der Waals surface area contributed by atoms with Crippen LogP contribution in [0.2, 0.25) is 0 Å². The first-order valence-corrected chi connectivity index (χ1v) is 8.59. The fourth-order valence-electron chi connectivity index (χ4n) is 3.62. The molecular formula is C18H23N3O3. The lowest BCUT2D eigenvalue weighted by Crippen LogP contribution is -2.45. The molecule has 2 aliphatic rings. The second kappa shape index (κ2) is 7.57. The van der Waals surface area contributed by atoms with Gasteiger partial charge in [0.2, 0.25) is 5.91 Å². The molecule has 2 fully saturated rings. The van der Waals surface area contributed by atoms with Crippen LogP contribution in [0.1, 0.15) is 31.2 Å². The van der Waals surface area contributed by atoms with Gasteiger partial charge in [0.05, 0.1) is 10.5 Å². The van der Waals surface area contributed by atoms with Gasteiger partial charge < -0.3 is 9.80 Å². The molecule has 1 aromatic carbocycles. The van der Waals surface area contributed by atoms with Gasteiger partial charge in [-0.15, -0.1) is 0 Å². The zero-order valence-corrected chi connectivity index (χ0v) is 13.8. The van der Waals surface area contributed by atoms with Crippen LogP contribution in [0.3, 0.4) is 0 Å². The highest BCUT2D eigenvalue weighted by Gasteiger charge is 2.27. The molecular weight excluding hydrogens is 306 g/mol. The Bertz CT molecular complexity index is 630. The molecule has 2 aliphatic heterocycles. The summed E-state index contributed by atoms with van der Waals surface area (Å²) < 4.78 is 0. The lowest BCUT2D eigenvalue weighted by molar-refractivity contribution is -0.385. The molecule has 128 valence electrons. The second-order valence-electron chi connectivity index (χ2n) is 6.45. The van der Waals surface area contributed by atoms with Gasteiger partial charge in [-0.25, -0.2) is 0 Å². The molecule has 0 atom stereocenters. The van der Waals surface area contributed by atoms with E-state index in [9.17, 15) is 14.9 Å². The topological polar surface area (TPSA) is 66.7 Å². The summed E-state index contributed by atoms with van der Waals surface area (Å²) in [5.41, 5.74) is 0.483. The predicted octanol–water partition coefficient (Wildman–Crippen LogP) is 2.69. The standard InChI is InChI=1S/C18H23N3O3/c22-18(8-7-15-5-1-2-6-17(15)21(23)24)20-13-9-16(10-14-20)19-11-3-4-12-19/h1-2,5-8,16H,3-4,9-14H2. The van der Waals surface area contributed by atoms with E-state index in [2.05, 4.69) is 4.90 Å². The highest BCUT2D eigenvalue weighted by atomic mass is 16.6. The number of piperidine rings is 1. The summed E-state index contributed by atoms with van der Waals surface area (Å²) in [6.07, 6.45) is 7.62. The monoisotopic (exact) mass is 329 g/mol. The number of para-hydroxylation sites is 1. The van der Waals surface area contributed by atoms with E-state index in [1.54, 1.807) is 24.3 Å². The first kappa shape index (κ1) is 16.6. The maximum atomic E-state index is 12.3. The van der Waals surface area contributed by atoms with Crippen LogP contribution in [0.5, 0.6) is 0 Å². The van der Waals surface area contributed by atoms with Crippen molar-refractivity contribution in [3.05, 3.63) is 46.0 Å². The largest absolute Gasteiger partial charge is 0.339 e. The Hall–Kier alpha value is -2.21. The third-order valence-corrected chi connectivity index (χ3v) is 4.97. The Morgan fingerprint density at radius 3 is 2.46 bits per heavy atom. The number of carbonyl (C=O) groups is 1. The molecule has 6 nitrogen and oxygen atoms in total. The van der Waals surface area contributed by atoms with Crippen LogP contribution in [-0.4, -0.2) is 52.9 Å². The van der Waals surface area contributed by atoms with Crippen molar-refractivity contribution in [3.63, 3.8) is 0 Å². The molecule has 0 unspecified atom stereocenters. The van der Waals surface area contributed by atoms with Crippen molar-refractivity contribution in [2.24, 2.45) is 0 Å². The summed E-state index contributed by atoms with van der Waals surface area (Å²) >= 11 is 0. The van der Waals surface area contributed by atoms with Crippen LogP contribution in [0.25, 0.3) is 6.08 Å². The third-order valence-electron chi connectivity index (χ3n) is 4.97. The highest BCUT2D eigenvalue weighted by Crippen LogP contribution is 2.22. The van der Waals surface area contributed by atoms with Crippen LogP contribution < -0.4 is 0 Å². The van der Waals surface area contributed by atoms with Crippen LogP contribution in [0.15, 0.2) is 30.3 Å². The van der Waals surface area contributed by atoms with Gasteiger partial charge in [0.25, 0.3) is 5.69 Å². The van der Waals surface area contributed by atoms with Gasteiger partial charge in [0, 0.05) is 31.3 Å². The quantitative estimate of drug-likeness (QED) is 0.484. The lowest BCUT2D eigenvalue weighted by atomic mass is 10.0. The average molecular weight is 329 g/mol. The van der Waals surface area contributed by atoms with E-state index in [1.165, 1.54) is 38.1 Å². The van der Waals surface area contributed by atoms with Gasteiger partial charge in [-0.05, 0) is 50.9 Å². The average Bonchev–Trinajstić information content (AvgIpc) is 3.14. The summed E-state index contributed by atoms with van der Waals surface area (Å²) in [7, 11) is 0. The number of nitro benzene ring substituents is 1. The van der Waals surface area contributed by atoms with E-state index in [-0.39, 0.29) is 11.6 Å². The minimum atomic E-state index is -0.425. The van der Waals surface area contributed by atoms with Crippen LogP contribution in [0.4, 0.5) is 5.69 Å². The Morgan fingerprint density at radius 2 is 1.79 bits per heavy atom. The van der Waals surface area contributed by atoms with Gasteiger partial charge in [-0.3, -0.25) is 14.9 Å². The smallest absolute Gasteiger partial charge is 0.276 e. The number of hydrogen-bond donors (Lipinski definition) is 0. The number of amides is 1. The van der Waals surface area contributed by atoms with Gasteiger partial charge >= 0.3 is 0 Å². The molecule has 0 N–H and O–H groups in total. The number of nitro groups is 1. The molecule has 0 saturated carbocycles. The minimum Gasteiger partial charge on any atom is -0.339 e. The van der Waals surface area contributed by atoms with E-state index < -0.39 is 4.92 Å². The molecule has 1 aromatic rings. The fourth-order valence-corrected chi connectivity index (χ4v) is 3.62. The predicted molar refractivity (Wildman–Crippen MR) is 92.5 cm³/mol. The summed E-state index contributed by atoms with van der Waals surface area (Å²) in [5, 5.41) is 11.0. The van der Waals surface area contributed by atoms with Crippen molar-refractivity contribution in [2.75, 3.05) is 26.2 Å². The van der Waals surface area contributed by atoms with Crippen molar-refractivity contribution in [1.29, 1.82) is 0 Å². The Kier molecular flexibility index (Phi) is 5.25. The molecule has 2 heterocycles. The Morgan fingerprint density at radius 1 is 1.12 bits per heavy atom. The van der Waals surface area contributed by atoms with Crippen molar-refractivity contribution in [3.8, 4) is 0 Å². The number of benzene rings is 1. The van der Waals surface area contributed by atoms with Gasteiger partial charge in [0.1, 0.15) is 0 Å². The molecule has 0 radical (unpaired) electrons. The third kappa shape index (κ3) is 3.82. The summed E-state index contributed by atoms with van der Waals surface area (Å²) in [6.45, 7) is 3.91. The number of hydrogen-bond acceptors (Lipinski definition) is 4. The van der Waals surface area contributed by atoms with Gasteiger partial charge in [-0.2, -0.15) is 0 Å². The maximum Gasteiger partial charge on any atom is 0.276 e. The molecule has 1 amide bonds. The highest BCUT2D eigenvalue weighted by molar-refractivity contribution is 5.92. The molecule has 0 spiro atoms. The van der Waals surface area contributed by atoms with Crippen molar-refractivity contribution in [2.45, 2.75) is 31.7 Å². The number of likely N-dealkylation sites (tertiary alicyclic amines) is 2. The van der Waals surface area contributed by atoms with Gasteiger partial charge in [-0.1, -0.05) is 12.1 Å². The van der Waals surface area contributed by atoms with Crippen molar-refractivity contribution >= 4 is 17.7 Å². The first-order valence-electron chi connectivity index (χ1n) is 8.59. The zero-order valence-electron chi connectivity index (χ0n) is 13.8. The molecule has 0 aliphatic carbocycles. The number of nitrogens with zero attached hydrogens (tertiary/aromatic N) is 3. The van der Waals surface area contributed by atoms with Crippen LogP contribution >= 0.6 is 0 Å². The fraction of sp³-hybridized carbons (Fsp3) is 0.500. The molecule has 0 bridgehead atoms. The van der Waals surface area contributed by atoms with Crippen LogP contribution in [-0.2, 0) is 4.79 Å². The van der Waals surface area contributed by atoms with Crippen molar-refractivity contribution < 1.29 is 9.72 Å². The van der Waals surface area contributed by atoms with Crippen LogP contribution in [0, 0.1) is 10.1 Å². The van der Waals surface area contributed by atoms with E-state index in [4.69, 9.17) is 0 Å². The molecule has 6 heteroatoms. The van der Waals surface area contributed by atoms with Gasteiger partial charge in [0.15, 0.2) is 0 Å². The number of rotatable bonds is 4. The lowest BCUT2D eigenvalue weighted by Gasteiger charge is -2.36. The van der Waals surface area contributed by atoms with E-state index in [0.29, 0.717) is 11.6 Å². The molecule has 3 rings (SSSR count).